The van der Waals surface area contributed by atoms with Crippen LogP contribution in [-0.2, 0) is 4.74 Å². The summed E-state index contributed by atoms with van der Waals surface area (Å²) >= 11 is 0. The molecular weight excluding hydrogens is 212 g/mol. The minimum atomic E-state index is 0.507. The molecule has 3 nitrogen and oxygen atoms in total. The summed E-state index contributed by atoms with van der Waals surface area (Å²) in [4.78, 5) is 2.54. The Balaban J connectivity index is 1.97. The van der Waals surface area contributed by atoms with Gasteiger partial charge in [-0.2, -0.15) is 0 Å². The fourth-order valence-corrected chi connectivity index (χ4v) is 2.46. The highest BCUT2D eigenvalue weighted by Crippen LogP contribution is 2.13. The van der Waals surface area contributed by atoms with E-state index in [9.17, 15) is 0 Å². The van der Waals surface area contributed by atoms with E-state index in [0.29, 0.717) is 6.10 Å². The summed E-state index contributed by atoms with van der Waals surface area (Å²) in [5, 5.41) is 0. The molecule has 1 heterocycles. The standard InChI is InChI=1S/C14H30N2O/c1-2-16(13-14-9-8-12-17-14)11-7-5-3-4-6-10-15/h14H,2-13,15H2,1H3. The predicted molar refractivity (Wildman–Crippen MR) is 73.2 cm³/mol. The maximum atomic E-state index is 5.69. The molecule has 2 N–H and O–H groups in total. The van der Waals surface area contributed by atoms with Gasteiger partial charge in [0.1, 0.15) is 0 Å². The van der Waals surface area contributed by atoms with Gasteiger partial charge in [-0.15, -0.1) is 0 Å². The van der Waals surface area contributed by atoms with E-state index in [1.54, 1.807) is 0 Å². The van der Waals surface area contributed by atoms with Crippen LogP contribution in [0.15, 0.2) is 0 Å². The number of ether oxygens (including phenoxy) is 1. The summed E-state index contributed by atoms with van der Waals surface area (Å²) < 4.78 is 5.69. The smallest absolute Gasteiger partial charge is 0.0702 e. The molecule has 0 bridgehead atoms. The molecule has 3 heteroatoms. The Morgan fingerprint density at radius 3 is 2.59 bits per heavy atom. The molecule has 0 spiro atoms. The Morgan fingerprint density at radius 2 is 1.94 bits per heavy atom. The van der Waals surface area contributed by atoms with Crippen molar-refractivity contribution < 1.29 is 4.74 Å². The van der Waals surface area contributed by atoms with Crippen LogP contribution in [0.4, 0.5) is 0 Å². The molecule has 0 radical (unpaired) electrons. The third-order valence-corrected chi connectivity index (χ3v) is 3.61. The Morgan fingerprint density at radius 1 is 1.18 bits per heavy atom. The van der Waals surface area contributed by atoms with Crippen LogP contribution in [0.1, 0.15) is 51.9 Å². The van der Waals surface area contributed by atoms with Gasteiger partial charge < -0.3 is 15.4 Å². The number of rotatable bonds is 10. The summed E-state index contributed by atoms with van der Waals surface area (Å²) in [5.41, 5.74) is 5.48. The van der Waals surface area contributed by atoms with Crippen LogP contribution in [0.2, 0.25) is 0 Å². The van der Waals surface area contributed by atoms with Crippen molar-refractivity contribution in [2.24, 2.45) is 5.73 Å². The average molecular weight is 242 g/mol. The second kappa shape index (κ2) is 9.86. The Bertz CT molecular complexity index is 170. The van der Waals surface area contributed by atoms with Gasteiger partial charge >= 0.3 is 0 Å². The van der Waals surface area contributed by atoms with Crippen molar-refractivity contribution in [3.05, 3.63) is 0 Å². The number of unbranched alkanes of at least 4 members (excludes halogenated alkanes) is 4. The van der Waals surface area contributed by atoms with Crippen molar-refractivity contribution in [1.29, 1.82) is 0 Å². The molecule has 102 valence electrons. The van der Waals surface area contributed by atoms with Gasteiger partial charge in [-0.3, -0.25) is 0 Å². The van der Waals surface area contributed by atoms with Crippen molar-refractivity contribution in [3.8, 4) is 0 Å². The third-order valence-electron chi connectivity index (χ3n) is 3.61. The second-order valence-electron chi connectivity index (χ2n) is 5.08. The predicted octanol–water partition coefficient (Wildman–Crippen LogP) is 2.40. The minimum absolute atomic E-state index is 0.507. The topological polar surface area (TPSA) is 38.5 Å². The zero-order valence-corrected chi connectivity index (χ0v) is 11.5. The Kier molecular flexibility index (Phi) is 8.67. The molecule has 1 unspecified atom stereocenters. The molecule has 0 aliphatic carbocycles. The van der Waals surface area contributed by atoms with Gasteiger partial charge in [-0.1, -0.05) is 26.2 Å². The highest BCUT2D eigenvalue weighted by atomic mass is 16.5. The normalized spacial score (nSPS) is 20.3. The summed E-state index contributed by atoms with van der Waals surface area (Å²) in [6.45, 7) is 7.60. The van der Waals surface area contributed by atoms with E-state index in [-0.39, 0.29) is 0 Å². The maximum Gasteiger partial charge on any atom is 0.0702 e. The van der Waals surface area contributed by atoms with E-state index in [1.165, 1.54) is 51.5 Å². The quantitative estimate of drug-likeness (QED) is 0.598. The fraction of sp³-hybridized carbons (Fsp3) is 1.00. The van der Waals surface area contributed by atoms with E-state index < -0.39 is 0 Å². The number of hydrogen-bond donors (Lipinski definition) is 1. The monoisotopic (exact) mass is 242 g/mol. The Hall–Kier alpha value is -0.120. The van der Waals surface area contributed by atoms with Crippen LogP contribution in [0.5, 0.6) is 0 Å². The van der Waals surface area contributed by atoms with Crippen molar-refractivity contribution in [2.45, 2.75) is 58.0 Å². The molecule has 0 aromatic rings. The fourth-order valence-electron chi connectivity index (χ4n) is 2.46. The van der Waals surface area contributed by atoms with Gasteiger partial charge in [0.2, 0.25) is 0 Å². The van der Waals surface area contributed by atoms with Gasteiger partial charge in [0.15, 0.2) is 0 Å². The summed E-state index contributed by atoms with van der Waals surface area (Å²) in [6.07, 6.45) is 9.52. The van der Waals surface area contributed by atoms with Crippen LogP contribution in [0.3, 0.4) is 0 Å². The van der Waals surface area contributed by atoms with Crippen molar-refractivity contribution >= 4 is 0 Å². The van der Waals surface area contributed by atoms with Crippen LogP contribution < -0.4 is 5.73 Å². The SMILES string of the molecule is CCN(CCCCCCCN)CC1CCCO1. The molecular formula is C14H30N2O. The molecule has 0 amide bonds. The van der Waals surface area contributed by atoms with Gasteiger partial charge in [0.25, 0.3) is 0 Å². The van der Waals surface area contributed by atoms with Crippen LogP contribution in [0.25, 0.3) is 0 Å². The minimum Gasteiger partial charge on any atom is -0.377 e. The molecule has 1 atom stereocenters. The first-order chi connectivity index (χ1) is 8.36. The summed E-state index contributed by atoms with van der Waals surface area (Å²) in [5.74, 6) is 0. The first-order valence-electron chi connectivity index (χ1n) is 7.40. The maximum absolute atomic E-state index is 5.69. The molecule has 1 aliphatic heterocycles. The lowest BCUT2D eigenvalue weighted by Gasteiger charge is -2.23. The van der Waals surface area contributed by atoms with E-state index in [1.807, 2.05) is 0 Å². The lowest BCUT2D eigenvalue weighted by molar-refractivity contribution is 0.0742. The third kappa shape index (κ3) is 7.02. The molecule has 1 saturated heterocycles. The van der Waals surface area contributed by atoms with Gasteiger partial charge in [-0.05, 0) is 45.3 Å². The first kappa shape index (κ1) is 14.9. The van der Waals surface area contributed by atoms with Crippen LogP contribution in [-0.4, -0.2) is 43.8 Å². The van der Waals surface area contributed by atoms with Crippen molar-refractivity contribution in [1.82, 2.24) is 4.90 Å². The van der Waals surface area contributed by atoms with E-state index >= 15 is 0 Å². The second-order valence-corrected chi connectivity index (χ2v) is 5.08. The summed E-state index contributed by atoms with van der Waals surface area (Å²) in [7, 11) is 0. The highest BCUT2D eigenvalue weighted by molar-refractivity contribution is 4.69. The Labute approximate surface area is 107 Å². The van der Waals surface area contributed by atoms with Crippen molar-refractivity contribution in [2.75, 3.05) is 32.8 Å². The lowest BCUT2D eigenvalue weighted by atomic mass is 10.1. The average Bonchev–Trinajstić information content (AvgIpc) is 2.85. The molecule has 17 heavy (non-hydrogen) atoms. The van der Waals surface area contributed by atoms with Gasteiger partial charge in [-0.25, -0.2) is 0 Å². The van der Waals surface area contributed by atoms with E-state index in [4.69, 9.17) is 10.5 Å². The highest BCUT2D eigenvalue weighted by Gasteiger charge is 2.17. The van der Waals surface area contributed by atoms with Gasteiger partial charge in [0, 0.05) is 13.2 Å². The number of nitrogens with zero attached hydrogens (tertiary/aromatic N) is 1. The zero-order valence-electron chi connectivity index (χ0n) is 11.5. The number of nitrogens with two attached hydrogens (primary N) is 1. The van der Waals surface area contributed by atoms with Crippen LogP contribution >= 0.6 is 0 Å². The molecule has 1 aliphatic rings. The molecule has 1 rings (SSSR count). The molecule has 0 aromatic carbocycles. The number of likely N-dealkylation sites (N-methyl/N-ethyl adjacent to an activating group) is 1. The first-order valence-corrected chi connectivity index (χ1v) is 7.40. The summed E-state index contributed by atoms with van der Waals surface area (Å²) in [6, 6.07) is 0. The van der Waals surface area contributed by atoms with Gasteiger partial charge in [0.05, 0.1) is 6.10 Å². The number of hydrogen-bond acceptors (Lipinski definition) is 3. The van der Waals surface area contributed by atoms with Crippen LogP contribution in [0, 0.1) is 0 Å². The molecule has 0 saturated carbocycles. The van der Waals surface area contributed by atoms with Crippen molar-refractivity contribution in [3.63, 3.8) is 0 Å². The van der Waals surface area contributed by atoms with E-state index in [2.05, 4.69) is 11.8 Å². The largest absolute Gasteiger partial charge is 0.377 e. The molecule has 0 aromatic heterocycles. The molecule has 1 fully saturated rings. The lowest BCUT2D eigenvalue weighted by Crippen LogP contribution is -2.32. The zero-order chi connectivity index (χ0) is 12.3. The van der Waals surface area contributed by atoms with E-state index in [0.717, 1.165) is 26.2 Å².